The molecule has 1 aromatic heterocycles. The maximum absolute atomic E-state index is 12.6. The summed E-state index contributed by atoms with van der Waals surface area (Å²) in [6.45, 7) is 8.54. The number of carbonyl (C=O) groups excluding carboxylic acids is 1. The number of aryl methyl sites for hydroxylation is 4. The van der Waals surface area contributed by atoms with Gasteiger partial charge in [0.15, 0.2) is 5.17 Å². The van der Waals surface area contributed by atoms with Gasteiger partial charge in [-0.3, -0.25) is 4.79 Å². The van der Waals surface area contributed by atoms with E-state index in [-0.39, 0.29) is 5.91 Å². The van der Waals surface area contributed by atoms with E-state index in [4.69, 9.17) is 11.6 Å². The highest BCUT2D eigenvalue weighted by Gasteiger charge is 2.25. The van der Waals surface area contributed by atoms with Crippen LogP contribution in [0.4, 0.5) is 5.69 Å². The van der Waals surface area contributed by atoms with Crippen molar-refractivity contribution in [2.75, 3.05) is 0 Å². The maximum Gasteiger partial charge on any atom is 0.264 e. The number of carbonyl (C=O) groups is 1. The molecule has 1 aliphatic heterocycles. The molecular weight excluding hydrogens is 428 g/mol. The molecule has 0 atom stereocenters. The Labute approximate surface area is 191 Å². The Bertz CT molecular complexity index is 1200. The first-order valence-corrected chi connectivity index (χ1v) is 11.2. The fourth-order valence-corrected chi connectivity index (χ4v) is 4.50. The molecule has 31 heavy (non-hydrogen) atoms. The molecular formula is C24H23ClN4OS. The van der Waals surface area contributed by atoms with Crippen LogP contribution in [0, 0.1) is 27.7 Å². The highest BCUT2D eigenvalue weighted by Crippen LogP contribution is 2.32. The molecule has 158 valence electrons. The second-order valence-electron chi connectivity index (χ2n) is 7.66. The quantitative estimate of drug-likeness (QED) is 0.518. The zero-order valence-corrected chi connectivity index (χ0v) is 19.4. The van der Waals surface area contributed by atoms with Crippen LogP contribution >= 0.6 is 23.4 Å². The molecule has 1 fully saturated rings. The first-order valence-electron chi connectivity index (χ1n) is 9.96. The van der Waals surface area contributed by atoms with Crippen molar-refractivity contribution in [3.8, 4) is 0 Å². The van der Waals surface area contributed by atoms with Gasteiger partial charge in [0.05, 0.1) is 22.8 Å². The highest BCUT2D eigenvalue weighted by atomic mass is 35.5. The number of aromatic nitrogens is 2. The van der Waals surface area contributed by atoms with Crippen molar-refractivity contribution < 1.29 is 4.79 Å². The number of benzene rings is 2. The number of amides is 1. The summed E-state index contributed by atoms with van der Waals surface area (Å²) in [6.07, 6.45) is 1.80. The van der Waals surface area contributed by atoms with Gasteiger partial charge in [0, 0.05) is 5.56 Å². The first kappa shape index (κ1) is 21.4. The lowest BCUT2D eigenvalue weighted by Gasteiger charge is -2.04. The Morgan fingerprint density at radius 2 is 1.77 bits per heavy atom. The van der Waals surface area contributed by atoms with Crippen molar-refractivity contribution in [2.24, 2.45) is 4.99 Å². The van der Waals surface area contributed by atoms with Crippen LogP contribution in [0.2, 0.25) is 5.15 Å². The van der Waals surface area contributed by atoms with Crippen LogP contribution in [0.1, 0.15) is 33.5 Å². The van der Waals surface area contributed by atoms with Crippen molar-refractivity contribution >= 4 is 46.2 Å². The Hall–Kier alpha value is -2.83. The van der Waals surface area contributed by atoms with Gasteiger partial charge in [-0.05, 0) is 62.2 Å². The normalized spacial score (nSPS) is 16.4. The van der Waals surface area contributed by atoms with E-state index in [0.29, 0.717) is 21.8 Å². The smallest absolute Gasteiger partial charge is 0.264 e. The lowest BCUT2D eigenvalue weighted by atomic mass is 10.1. The highest BCUT2D eigenvalue weighted by molar-refractivity contribution is 8.18. The zero-order valence-electron chi connectivity index (χ0n) is 17.9. The zero-order chi connectivity index (χ0) is 22.1. The summed E-state index contributed by atoms with van der Waals surface area (Å²) < 4.78 is 1.76. The molecule has 0 bridgehead atoms. The van der Waals surface area contributed by atoms with E-state index in [9.17, 15) is 4.79 Å². The van der Waals surface area contributed by atoms with Gasteiger partial charge in [-0.1, -0.05) is 59.6 Å². The third-order valence-electron chi connectivity index (χ3n) is 5.14. The first-order chi connectivity index (χ1) is 14.8. The summed E-state index contributed by atoms with van der Waals surface area (Å²) in [4.78, 5) is 17.8. The molecule has 1 N–H and O–H groups in total. The summed E-state index contributed by atoms with van der Waals surface area (Å²) in [5.41, 5.74) is 6.86. The standard InChI is InChI=1S/C24H23ClN4OS/c1-14-8-10-18(11-9-14)13-29-22(25)19(17(4)28-29)12-20-23(30)27-24(31-20)26-21-15(2)6-5-7-16(21)3/h5-12H,13H2,1-4H3,(H,26,27,30)/b20-12-. The number of hydrogen-bond donors (Lipinski definition) is 1. The molecule has 0 spiro atoms. The van der Waals surface area contributed by atoms with Gasteiger partial charge >= 0.3 is 0 Å². The molecule has 2 aromatic carbocycles. The number of halogens is 1. The van der Waals surface area contributed by atoms with E-state index >= 15 is 0 Å². The molecule has 1 aliphatic rings. The van der Waals surface area contributed by atoms with Gasteiger partial charge in [0.1, 0.15) is 5.15 Å². The second kappa shape index (κ2) is 8.73. The minimum Gasteiger partial charge on any atom is -0.300 e. The third-order valence-corrected chi connectivity index (χ3v) is 6.45. The summed E-state index contributed by atoms with van der Waals surface area (Å²) in [6, 6.07) is 14.3. The van der Waals surface area contributed by atoms with Crippen molar-refractivity contribution in [1.29, 1.82) is 0 Å². The number of aliphatic imine (C=N–C) groups is 1. The largest absolute Gasteiger partial charge is 0.300 e. The van der Waals surface area contributed by atoms with Crippen LogP contribution in [0.15, 0.2) is 52.4 Å². The average molecular weight is 451 g/mol. The van der Waals surface area contributed by atoms with Gasteiger partial charge in [-0.15, -0.1) is 0 Å². The molecule has 0 aliphatic carbocycles. The van der Waals surface area contributed by atoms with E-state index < -0.39 is 0 Å². The number of thioether (sulfide) groups is 1. The molecule has 5 nitrogen and oxygen atoms in total. The lowest BCUT2D eigenvalue weighted by molar-refractivity contribution is -0.115. The van der Waals surface area contributed by atoms with E-state index in [1.54, 1.807) is 10.8 Å². The molecule has 0 saturated carbocycles. The topological polar surface area (TPSA) is 59.3 Å². The number of rotatable bonds is 4. The van der Waals surface area contributed by atoms with Crippen LogP contribution in [0.25, 0.3) is 6.08 Å². The SMILES string of the molecule is Cc1ccc(Cn2nc(C)c(/C=C3\SC(=Nc4c(C)cccc4C)NC3=O)c2Cl)cc1. The van der Waals surface area contributed by atoms with E-state index in [1.165, 1.54) is 17.3 Å². The predicted octanol–water partition coefficient (Wildman–Crippen LogP) is 5.71. The van der Waals surface area contributed by atoms with Crippen LogP contribution in [0.5, 0.6) is 0 Å². The van der Waals surface area contributed by atoms with Crippen molar-refractivity contribution in [3.05, 3.63) is 86.0 Å². The van der Waals surface area contributed by atoms with Crippen molar-refractivity contribution in [2.45, 2.75) is 34.2 Å². The number of hydrogen-bond acceptors (Lipinski definition) is 4. The number of para-hydroxylation sites is 1. The molecule has 4 rings (SSSR count). The van der Waals surface area contributed by atoms with Crippen LogP contribution < -0.4 is 5.32 Å². The van der Waals surface area contributed by atoms with E-state index in [0.717, 1.165) is 33.6 Å². The predicted molar refractivity (Wildman–Crippen MR) is 129 cm³/mol. The summed E-state index contributed by atoms with van der Waals surface area (Å²) >= 11 is 7.94. The molecule has 0 unspecified atom stereocenters. The van der Waals surface area contributed by atoms with Gasteiger partial charge in [0.2, 0.25) is 0 Å². The number of nitrogens with zero attached hydrogens (tertiary/aromatic N) is 3. The van der Waals surface area contributed by atoms with Crippen LogP contribution in [-0.2, 0) is 11.3 Å². The van der Waals surface area contributed by atoms with Gasteiger partial charge in [-0.25, -0.2) is 9.67 Å². The second-order valence-corrected chi connectivity index (χ2v) is 9.04. The van der Waals surface area contributed by atoms with Crippen LogP contribution in [0.3, 0.4) is 0 Å². The molecule has 3 aromatic rings. The molecule has 1 saturated heterocycles. The minimum absolute atomic E-state index is 0.184. The van der Waals surface area contributed by atoms with Gasteiger partial charge in [0.25, 0.3) is 5.91 Å². The number of amidine groups is 1. The van der Waals surface area contributed by atoms with Crippen LogP contribution in [-0.4, -0.2) is 20.9 Å². The average Bonchev–Trinajstić information content (AvgIpc) is 3.20. The third kappa shape index (κ3) is 4.60. The van der Waals surface area contributed by atoms with Gasteiger partial charge < -0.3 is 5.32 Å². The summed E-state index contributed by atoms with van der Waals surface area (Å²) in [5, 5.41) is 8.50. The summed E-state index contributed by atoms with van der Waals surface area (Å²) in [7, 11) is 0. The fraction of sp³-hybridized carbons (Fsp3) is 0.208. The molecule has 0 radical (unpaired) electrons. The van der Waals surface area contributed by atoms with Crippen molar-refractivity contribution in [1.82, 2.24) is 15.1 Å². The summed E-state index contributed by atoms with van der Waals surface area (Å²) in [5.74, 6) is -0.184. The fourth-order valence-electron chi connectivity index (χ4n) is 3.40. The Morgan fingerprint density at radius 3 is 2.45 bits per heavy atom. The molecule has 7 heteroatoms. The lowest BCUT2D eigenvalue weighted by Crippen LogP contribution is -2.19. The number of nitrogens with one attached hydrogen (secondary N) is 1. The minimum atomic E-state index is -0.184. The van der Waals surface area contributed by atoms with Gasteiger partial charge in [-0.2, -0.15) is 5.10 Å². The Morgan fingerprint density at radius 1 is 1.10 bits per heavy atom. The maximum atomic E-state index is 12.6. The monoisotopic (exact) mass is 450 g/mol. The molecule has 1 amide bonds. The molecule has 2 heterocycles. The van der Waals surface area contributed by atoms with E-state index in [2.05, 4.69) is 46.6 Å². The van der Waals surface area contributed by atoms with E-state index in [1.807, 2.05) is 39.0 Å². The Kier molecular flexibility index (Phi) is 6.03. The van der Waals surface area contributed by atoms with Crippen molar-refractivity contribution in [3.63, 3.8) is 0 Å². The Balaban J connectivity index is 1.60.